The van der Waals surface area contributed by atoms with Gasteiger partial charge in [-0.1, -0.05) is 0 Å². The molecule has 20 heavy (non-hydrogen) atoms. The van der Waals surface area contributed by atoms with Crippen molar-refractivity contribution in [1.29, 1.82) is 0 Å². The van der Waals surface area contributed by atoms with Gasteiger partial charge in [0.2, 0.25) is 5.88 Å². The van der Waals surface area contributed by atoms with E-state index in [1.807, 2.05) is 19.1 Å². The summed E-state index contributed by atoms with van der Waals surface area (Å²) in [6.45, 7) is 9.22. The zero-order chi connectivity index (χ0) is 14.4. The Morgan fingerprint density at radius 3 is 2.90 bits per heavy atom. The van der Waals surface area contributed by atoms with Gasteiger partial charge < -0.3 is 20.5 Å². The summed E-state index contributed by atoms with van der Waals surface area (Å²) in [5.74, 6) is 1.29. The molecule has 6 heteroatoms. The average molecular weight is 280 g/mol. The van der Waals surface area contributed by atoms with Crippen LogP contribution in [0.4, 0.5) is 11.5 Å². The summed E-state index contributed by atoms with van der Waals surface area (Å²) in [6.07, 6.45) is 0. The molecule has 1 saturated heterocycles. The molecule has 0 amide bonds. The normalized spacial score (nSPS) is 17.7. The van der Waals surface area contributed by atoms with E-state index in [0.29, 0.717) is 24.2 Å². The topological polar surface area (TPSA) is 72.6 Å². The molecule has 0 radical (unpaired) electrons. The lowest BCUT2D eigenvalue weighted by atomic mass is 10.2. The standard InChI is InChI=1S/C14H24N4O2/c1-3-20-14-12(15)4-5-13(17-14)16-11(2)10-18-6-8-19-9-7-18/h4-5,11H,3,6-10,15H2,1-2H3,(H,16,17). The highest BCUT2D eigenvalue weighted by molar-refractivity contribution is 5.53. The fraction of sp³-hybridized carbons (Fsp3) is 0.643. The van der Waals surface area contributed by atoms with Gasteiger partial charge in [-0.25, -0.2) is 0 Å². The number of hydrogen-bond donors (Lipinski definition) is 2. The van der Waals surface area contributed by atoms with Gasteiger partial charge in [-0.15, -0.1) is 0 Å². The van der Waals surface area contributed by atoms with Crippen LogP contribution in [0.5, 0.6) is 5.88 Å². The molecule has 0 saturated carbocycles. The summed E-state index contributed by atoms with van der Waals surface area (Å²) >= 11 is 0. The van der Waals surface area contributed by atoms with E-state index in [1.54, 1.807) is 0 Å². The van der Waals surface area contributed by atoms with Gasteiger partial charge in [0.15, 0.2) is 0 Å². The van der Waals surface area contributed by atoms with E-state index in [4.69, 9.17) is 15.2 Å². The van der Waals surface area contributed by atoms with E-state index in [-0.39, 0.29) is 0 Å². The third-order valence-corrected chi connectivity index (χ3v) is 3.20. The number of hydrogen-bond acceptors (Lipinski definition) is 6. The van der Waals surface area contributed by atoms with Gasteiger partial charge >= 0.3 is 0 Å². The minimum atomic E-state index is 0.304. The number of morpholine rings is 1. The Hall–Kier alpha value is -1.53. The number of pyridine rings is 1. The average Bonchev–Trinajstić information content (AvgIpc) is 2.44. The third-order valence-electron chi connectivity index (χ3n) is 3.20. The van der Waals surface area contributed by atoms with Crippen LogP contribution < -0.4 is 15.8 Å². The van der Waals surface area contributed by atoms with Crippen LogP contribution in [0.3, 0.4) is 0 Å². The highest BCUT2D eigenvalue weighted by Gasteiger charge is 2.14. The summed E-state index contributed by atoms with van der Waals surface area (Å²) in [7, 11) is 0. The minimum Gasteiger partial charge on any atom is -0.476 e. The van der Waals surface area contributed by atoms with E-state index >= 15 is 0 Å². The number of rotatable bonds is 6. The lowest BCUT2D eigenvalue weighted by Crippen LogP contribution is -2.42. The van der Waals surface area contributed by atoms with Crippen molar-refractivity contribution in [2.45, 2.75) is 19.9 Å². The number of nitrogen functional groups attached to an aromatic ring is 1. The molecule has 1 fully saturated rings. The molecule has 2 rings (SSSR count). The molecule has 0 spiro atoms. The molecular formula is C14H24N4O2. The van der Waals surface area contributed by atoms with Crippen LogP contribution >= 0.6 is 0 Å². The molecule has 1 atom stereocenters. The zero-order valence-electron chi connectivity index (χ0n) is 12.3. The van der Waals surface area contributed by atoms with E-state index < -0.39 is 0 Å². The Balaban J connectivity index is 1.89. The molecule has 1 aliphatic heterocycles. The molecule has 1 aromatic heterocycles. The summed E-state index contributed by atoms with van der Waals surface area (Å²) in [6, 6.07) is 4.01. The molecule has 6 nitrogen and oxygen atoms in total. The largest absolute Gasteiger partial charge is 0.476 e. The Morgan fingerprint density at radius 1 is 1.45 bits per heavy atom. The monoisotopic (exact) mass is 280 g/mol. The van der Waals surface area contributed by atoms with Crippen molar-refractivity contribution in [1.82, 2.24) is 9.88 Å². The predicted octanol–water partition coefficient (Wildman–Crippen LogP) is 1.20. The summed E-state index contributed by atoms with van der Waals surface area (Å²) in [5, 5.41) is 3.39. The van der Waals surface area contributed by atoms with Crippen LogP contribution in [0, 0.1) is 0 Å². The van der Waals surface area contributed by atoms with Gasteiger partial charge in [0.1, 0.15) is 5.82 Å². The Kier molecular flexibility index (Phi) is 5.43. The van der Waals surface area contributed by atoms with Gasteiger partial charge in [0.25, 0.3) is 0 Å². The second-order valence-electron chi connectivity index (χ2n) is 4.98. The number of anilines is 2. The highest BCUT2D eigenvalue weighted by atomic mass is 16.5. The molecule has 2 heterocycles. The molecule has 1 unspecified atom stereocenters. The summed E-state index contributed by atoms with van der Waals surface area (Å²) in [5.41, 5.74) is 6.39. The van der Waals surface area contributed by atoms with E-state index in [1.165, 1.54) is 0 Å². The molecule has 0 aliphatic carbocycles. The maximum atomic E-state index is 5.82. The van der Waals surface area contributed by atoms with Crippen LogP contribution in [0.2, 0.25) is 0 Å². The Labute approximate surface area is 120 Å². The molecule has 1 aliphatic rings. The lowest BCUT2D eigenvalue weighted by molar-refractivity contribution is 0.0368. The first-order chi connectivity index (χ1) is 9.69. The molecule has 112 valence electrons. The van der Waals surface area contributed by atoms with Crippen molar-refractivity contribution in [2.24, 2.45) is 0 Å². The minimum absolute atomic E-state index is 0.304. The quantitative estimate of drug-likeness (QED) is 0.815. The summed E-state index contributed by atoms with van der Waals surface area (Å²) in [4.78, 5) is 6.78. The van der Waals surface area contributed by atoms with Crippen molar-refractivity contribution >= 4 is 11.5 Å². The second kappa shape index (κ2) is 7.31. The lowest BCUT2D eigenvalue weighted by Gasteiger charge is -2.29. The summed E-state index contributed by atoms with van der Waals surface area (Å²) < 4.78 is 10.8. The zero-order valence-corrected chi connectivity index (χ0v) is 12.3. The van der Waals surface area contributed by atoms with Gasteiger partial charge in [0.05, 0.1) is 25.5 Å². The number of nitrogens with zero attached hydrogens (tertiary/aromatic N) is 2. The van der Waals surface area contributed by atoms with Crippen LogP contribution in [0.1, 0.15) is 13.8 Å². The van der Waals surface area contributed by atoms with E-state index in [2.05, 4.69) is 22.1 Å². The second-order valence-corrected chi connectivity index (χ2v) is 4.98. The van der Waals surface area contributed by atoms with E-state index in [9.17, 15) is 0 Å². The number of aromatic nitrogens is 1. The Bertz CT molecular complexity index is 422. The van der Waals surface area contributed by atoms with Crippen molar-refractivity contribution in [3.63, 3.8) is 0 Å². The molecular weight excluding hydrogens is 256 g/mol. The Morgan fingerprint density at radius 2 is 2.20 bits per heavy atom. The number of ether oxygens (including phenoxy) is 2. The first-order valence-electron chi connectivity index (χ1n) is 7.15. The maximum Gasteiger partial charge on any atom is 0.239 e. The van der Waals surface area contributed by atoms with Crippen LogP contribution in [0.15, 0.2) is 12.1 Å². The van der Waals surface area contributed by atoms with Crippen molar-refractivity contribution in [3.05, 3.63) is 12.1 Å². The fourth-order valence-corrected chi connectivity index (χ4v) is 2.25. The van der Waals surface area contributed by atoms with Crippen molar-refractivity contribution in [3.8, 4) is 5.88 Å². The van der Waals surface area contributed by atoms with Gasteiger partial charge in [-0.05, 0) is 26.0 Å². The maximum absolute atomic E-state index is 5.82. The highest BCUT2D eigenvalue weighted by Crippen LogP contribution is 2.21. The van der Waals surface area contributed by atoms with Crippen LogP contribution in [-0.4, -0.2) is 55.4 Å². The number of nitrogens with two attached hydrogens (primary N) is 1. The first kappa shape index (κ1) is 14.9. The molecule has 1 aromatic rings. The van der Waals surface area contributed by atoms with Crippen LogP contribution in [0.25, 0.3) is 0 Å². The fourth-order valence-electron chi connectivity index (χ4n) is 2.25. The van der Waals surface area contributed by atoms with Crippen LogP contribution in [-0.2, 0) is 4.74 Å². The molecule has 0 bridgehead atoms. The SMILES string of the molecule is CCOc1nc(NC(C)CN2CCOCC2)ccc1N. The third kappa shape index (κ3) is 4.25. The molecule has 0 aromatic carbocycles. The van der Waals surface area contributed by atoms with Gasteiger partial charge in [0, 0.05) is 25.7 Å². The first-order valence-corrected chi connectivity index (χ1v) is 7.15. The van der Waals surface area contributed by atoms with Crippen molar-refractivity contribution in [2.75, 3.05) is 50.5 Å². The van der Waals surface area contributed by atoms with Gasteiger partial charge in [-0.2, -0.15) is 4.98 Å². The smallest absolute Gasteiger partial charge is 0.239 e. The number of nitrogens with one attached hydrogen (secondary N) is 1. The van der Waals surface area contributed by atoms with Gasteiger partial charge in [-0.3, -0.25) is 4.90 Å². The molecule has 3 N–H and O–H groups in total. The van der Waals surface area contributed by atoms with Crippen molar-refractivity contribution < 1.29 is 9.47 Å². The predicted molar refractivity (Wildman–Crippen MR) is 80.2 cm³/mol. The van der Waals surface area contributed by atoms with E-state index in [0.717, 1.165) is 38.7 Å².